The quantitative estimate of drug-likeness (QED) is 0.795. The summed E-state index contributed by atoms with van der Waals surface area (Å²) < 4.78 is 10.6. The summed E-state index contributed by atoms with van der Waals surface area (Å²) in [5.41, 5.74) is 0.789. The van der Waals surface area contributed by atoms with Crippen molar-refractivity contribution < 1.29 is 19.4 Å². The molecule has 1 unspecified atom stereocenters. The van der Waals surface area contributed by atoms with Crippen molar-refractivity contribution in [1.82, 2.24) is 5.32 Å². The van der Waals surface area contributed by atoms with E-state index in [4.69, 9.17) is 21.1 Å². The van der Waals surface area contributed by atoms with Crippen LogP contribution in [0.3, 0.4) is 0 Å². The molecule has 27 heavy (non-hydrogen) atoms. The number of carbonyl (C=O) groups excluding carboxylic acids is 1. The summed E-state index contributed by atoms with van der Waals surface area (Å²) in [7, 11) is 1.59. The van der Waals surface area contributed by atoms with Crippen LogP contribution >= 0.6 is 11.6 Å². The molecule has 0 bridgehead atoms. The van der Waals surface area contributed by atoms with Crippen LogP contribution in [0.25, 0.3) is 0 Å². The summed E-state index contributed by atoms with van der Waals surface area (Å²) >= 11 is 6.40. The van der Waals surface area contributed by atoms with Crippen LogP contribution in [0.4, 0.5) is 0 Å². The van der Waals surface area contributed by atoms with E-state index < -0.39 is 11.5 Å². The van der Waals surface area contributed by atoms with Gasteiger partial charge in [0.15, 0.2) is 0 Å². The van der Waals surface area contributed by atoms with Gasteiger partial charge in [-0.3, -0.25) is 4.79 Å². The molecular formula is C21H24ClNO4. The zero-order valence-corrected chi connectivity index (χ0v) is 16.0. The SMILES string of the molecule is COc1ccc(C(O)CNC(=O)C2(c3ccccc3Cl)CCOCC2)cc1. The van der Waals surface area contributed by atoms with Gasteiger partial charge in [-0.15, -0.1) is 0 Å². The topological polar surface area (TPSA) is 67.8 Å². The molecule has 3 rings (SSSR count). The molecule has 1 aliphatic heterocycles. The Morgan fingerprint density at radius 3 is 2.52 bits per heavy atom. The molecule has 144 valence electrons. The van der Waals surface area contributed by atoms with Crippen molar-refractivity contribution in [2.45, 2.75) is 24.4 Å². The van der Waals surface area contributed by atoms with Crippen molar-refractivity contribution in [3.8, 4) is 5.75 Å². The number of hydrogen-bond donors (Lipinski definition) is 2. The van der Waals surface area contributed by atoms with Crippen LogP contribution in [-0.2, 0) is 14.9 Å². The molecule has 0 saturated carbocycles. The Hall–Kier alpha value is -2.08. The minimum Gasteiger partial charge on any atom is -0.497 e. The van der Waals surface area contributed by atoms with Gasteiger partial charge in [-0.1, -0.05) is 41.9 Å². The highest BCUT2D eigenvalue weighted by molar-refractivity contribution is 6.31. The average Bonchev–Trinajstić information content (AvgIpc) is 2.72. The maximum atomic E-state index is 13.2. The van der Waals surface area contributed by atoms with Gasteiger partial charge in [0, 0.05) is 24.8 Å². The van der Waals surface area contributed by atoms with Gasteiger partial charge in [0.1, 0.15) is 5.75 Å². The van der Waals surface area contributed by atoms with Crippen molar-refractivity contribution in [2.24, 2.45) is 0 Å². The van der Waals surface area contributed by atoms with Gasteiger partial charge in [0.05, 0.1) is 18.6 Å². The minimum absolute atomic E-state index is 0.123. The van der Waals surface area contributed by atoms with Gasteiger partial charge in [0.2, 0.25) is 5.91 Å². The van der Waals surface area contributed by atoms with Crippen molar-refractivity contribution in [3.05, 3.63) is 64.7 Å². The number of hydrogen-bond acceptors (Lipinski definition) is 4. The van der Waals surface area contributed by atoms with E-state index in [1.807, 2.05) is 18.2 Å². The number of aliphatic hydroxyl groups excluding tert-OH is 1. The lowest BCUT2D eigenvalue weighted by Crippen LogP contribution is -2.49. The third kappa shape index (κ3) is 4.26. The summed E-state index contributed by atoms with van der Waals surface area (Å²) in [6, 6.07) is 14.6. The molecule has 5 nitrogen and oxygen atoms in total. The summed E-state index contributed by atoms with van der Waals surface area (Å²) in [6.45, 7) is 1.12. The number of methoxy groups -OCH3 is 1. The van der Waals surface area contributed by atoms with Crippen molar-refractivity contribution >= 4 is 17.5 Å². The van der Waals surface area contributed by atoms with Gasteiger partial charge in [-0.25, -0.2) is 0 Å². The minimum atomic E-state index is -0.803. The predicted octanol–water partition coefficient (Wildman–Crippen LogP) is 3.25. The lowest BCUT2D eigenvalue weighted by atomic mass is 9.73. The number of halogens is 1. The van der Waals surface area contributed by atoms with E-state index in [-0.39, 0.29) is 12.5 Å². The molecule has 1 atom stereocenters. The third-order valence-electron chi connectivity index (χ3n) is 5.13. The number of nitrogens with one attached hydrogen (secondary N) is 1. The maximum Gasteiger partial charge on any atom is 0.230 e. The lowest BCUT2D eigenvalue weighted by Gasteiger charge is -2.37. The molecule has 2 aromatic carbocycles. The van der Waals surface area contributed by atoms with Gasteiger partial charge >= 0.3 is 0 Å². The van der Waals surface area contributed by atoms with Gasteiger partial charge in [0.25, 0.3) is 0 Å². The van der Waals surface area contributed by atoms with Crippen LogP contribution in [0.2, 0.25) is 5.02 Å². The van der Waals surface area contributed by atoms with Crippen LogP contribution < -0.4 is 10.1 Å². The molecule has 0 radical (unpaired) electrons. The first-order valence-electron chi connectivity index (χ1n) is 9.00. The first-order chi connectivity index (χ1) is 13.1. The van der Waals surface area contributed by atoms with Crippen molar-refractivity contribution in [2.75, 3.05) is 26.9 Å². The van der Waals surface area contributed by atoms with E-state index in [0.29, 0.717) is 31.1 Å². The van der Waals surface area contributed by atoms with Crippen LogP contribution in [0.15, 0.2) is 48.5 Å². The largest absolute Gasteiger partial charge is 0.497 e. The Kier molecular flexibility index (Phi) is 6.37. The summed E-state index contributed by atoms with van der Waals surface area (Å²) in [4.78, 5) is 13.2. The summed E-state index contributed by atoms with van der Waals surface area (Å²) in [6.07, 6.45) is 0.311. The fourth-order valence-electron chi connectivity index (χ4n) is 3.49. The molecule has 1 aliphatic rings. The third-order valence-corrected chi connectivity index (χ3v) is 5.46. The molecule has 0 aliphatic carbocycles. The standard InChI is InChI=1S/C21H24ClNO4/c1-26-16-8-6-15(7-9-16)19(24)14-23-20(25)21(10-12-27-13-11-21)17-4-2-3-5-18(17)22/h2-9,19,24H,10-14H2,1H3,(H,23,25). The highest BCUT2D eigenvalue weighted by atomic mass is 35.5. The van der Waals surface area contributed by atoms with E-state index in [0.717, 1.165) is 16.9 Å². The zero-order chi connectivity index (χ0) is 19.3. The molecule has 0 spiro atoms. The Bertz CT molecular complexity index is 772. The van der Waals surface area contributed by atoms with Crippen LogP contribution in [0.1, 0.15) is 30.1 Å². The molecule has 6 heteroatoms. The molecule has 1 heterocycles. The van der Waals surface area contributed by atoms with Crippen LogP contribution in [0.5, 0.6) is 5.75 Å². The molecule has 1 fully saturated rings. The van der Waals surface area contributed by atoms with Crippen molar-refractivity contribution in [3.63, 3.8) is 0 Å². The number of rotatable bonds is 6. The van der Waals surface area contributed by atoms with Gasteiger partial charge in [-0.2, -0.15) is 0 Å². The number of ether oxygens (including phenoxy) is 2. The molecular weight excluding hydrogens is 366 g/mol. The Morgan fingerprint density at radius 1 is 1.22 bits per heavy atom. The first kappa shape index (κ1) is 19.7. The summed E-state index contributed by atoms with van der Waals surface area (Å²) in [5, 5.41) is 13.9. The van der Waals surface area contributed by atoms with Crippen molar-refractivity contribution in [1.29, 1.82) is 0 Å². The Labute approximate surface area is 164 Å². The van der Waals surface area contributed by atoms with E-state index in [9.17, 15) is 9.90 Å². The van der Waals surface area contributed by atoms with E-state index in [1.165, 1.54) is 0 Å². The number of amides is 1. The number of benzene rings is 2. The maximum absolute atomic E-state index is 13.2. The number of carbonyl (C=O) groups is 1. The monoisotopic (exact) mass is 389 g/mol. The second-order valence-corrected chi connectivity index (χ2v) is 7.08. The first-order valence-corrected chi connectivity index (χ1v) is 9.38. The fraction of sp³-hybridized carbons (Fsp3) is 0.381. The van der Waals surface area contributed by atoms with Crippen LogP contribution in [0, 0.1) is 0 Å². The highest BCUT2D eigenvalue weighted by Gasteiger charge is 2.42. The predicted molar refractivity (Wildman–Crippen MR) is 104 cm³/mol. The van der Waals surface area contributed by atoms with E-state index >= 15 is 0 Å². The highest BCUT2D eigenvalue weighted by Crippen LogP contribution is 2.39. The zero-order valence-electron chi connectivity index (χ0n) is 15.3. The fourth-order valence-corrected chi connectivity index (χ4v) is 3.81. The lowest BCUT2D eigenvalue weighted by molar-refractivity contribution is -0.131. The van der Waals surface area contributed by atoms with E-state index in [1.54, 1.807) is 37.4 Å². The van der Waals surface area contributed by atoms with Gasteiger partial charge < -0.3 is 19.9 Å². The summed E-state index contributed by atoms with van der Waals surface area (Å²) in [5.74, 6) is 0.585. The molecule has 1 saturated heterocycles. The molecule has 0 aromatic heterocycles. The Balaban J connectivity index is 1.74. The second kappa shape index (κ2) is 8.74. The van der Waals surface area contributed by atoms with E-state index in [2.05, 4.69) is 5.32 Å². The van der Waals surface area contributed by atoms with Gasteiger partial charge in [-0.05, 0) is 42.2 Å². The normalized spacial score (nSPS) is 17.1. The average molecular weight is 390 g/mol. The van der Waals surface area contributed by atoms with Crippen LogP contribution in [-0.4, -0.2) is 37.9 Å². The molecule has 2 N–H and O–H groups in total. The smallest absolute Gasteiger partial charge is 0.230 e. The number of aliphatic hydroxyl groups is 1. The molecule has 2 aromatic rings. The second-order valence-electron chi connectivity index (χ2n) is 6.67. The molecule has 1 amide bonds. The Morgan fingerprint density at radius 2 is 1.89 bits per heavy atom.